The quantitative estimate of drug-likeness (QED) is 0.557. The minimum absolute atomic E-state index is 0.209. The van der Waals surface area contributed by atoms with Crippen LogP contribution in [0.5, 0.6) is 0 Å². The number of amidine groups is 1. The highest BCUT2D eigenvalue weighted by atomic mass is 15.1. The lowest BCUT2D eigenvalue weighted by molar-refractivity contribution is 0.371. The Balaban J connectivity index is 2.60. The molecule has 0 saturated heterocycles. The van der Waals surface area contributed by atoms with Crippen molar-refractivity contribution in [3.8, 4) is 0 Å². The van der Waals surface area contributed by atoms with E-state index in [1.807, 2.05) is 24.1 Å². The van der Waals surface area contributed by atoms with Crippen LogP contribution in [0.15, 0.2) is 24.3 Å². The van der Waals surface area contributed by atoms with Crippen LogP contribution in [0.3, 0.4) is 0 Å². The predicted molar refractivity (Wildman–Crippen MR) is 59.4 cm³/mol. The van der Waals surface area contributed by atoms with Gasteiger partial charge in [0, 0.05) is 6.54 Å². The van der Waals surface area contributed by atoms with Crippen LogP contribution in [-0.4, -0.2) is 24.3 Å². The maximum Gasteiger partial charge on any atom is 0.105 e. The van der Waals surface area contributed by atoms with Crippen molar-refractivity contribution >= 4 is 5.84 Å². The predicted octanol–water partition coefficient (Wildman–Crippen LogP) is 1.36. The lowest BCUT2D eigenvalue weighted by atomic mass is 10.1. The molecule has 14 heavy (non-hydrogen) atoms. The highest BCUT2D eigenvalue weighted by Crippen LogP contribution is 2.08. The average molecular weight is 191 g/mol. The van der Waals surface area contributed by atoms with Crippen LogP contribution in [0.25, 0.3) is 0 Å². The summed E-state index contributed by atoms with van der Waals surface area (Å²) < 4.78 is 0. The normalized spacial score (nSPS) is 10.5. The molecule has 3 nitrogen and oxygen atoms in total. The van der Waals surface area contributed by atoms with Gasteiger partial charge in [0.05, 0.1) is 6.54 Å². The second-order valence-electron chi connectivity index (χ2n) is 3.62. The lowest BCUT2D eigenvalue weighted by Crippen LogP contribution is -2.29. The molecule has 76 valence electrons. The maximum absolute atomic E-state index is 7.18. The van der Waals surface area contributed by atoms with Gasteiger partial charge in [-0.2, -0.15) is 0 Å². The molecule has 0 aromatic heterocycles. The molecule has 0 spiro atoms. The first-order valence-electron chi connectivity index (χ1n) is 4.65. The summed E-state index contributed by atoms with van der Waals surface area (Å²) in [7, 11) is 1.97. The molecule has 0 unspecified atom stereocenters. The van der Waals surface area contributed by atoms with Crippen LogP contribution >= 0.6 is 0 Å². The minimum atomic E-state index is 0.209. The molecule has 0 aliphatic heterocycles. The maximum atomic E-state index is 7.18. The molecule has 0 fully saturated rings. The van der Waals surface area contributed by atoms with Gasteiger partial charge < -0.3 is 5.73 Å². The van der Waals surface area contributed by atoms with Crippen LogP contribution in [0.1, 0.15) is 11.1 Å². The molecule has 1 aromatic carbocycles. The van der Waals surface area contributed by atoms with Gasteiger partial charge >= 0.3 is 0 Å². The summed E-state index contributed by atoms with van der Waals surface area (Å²) in [6.07, 6.45) is 0. The average Bonchev–Trinajstić information content (AvgIpc) is 2.07. The van der Waals surface area contributed by atoms with E-state index in [2.05, 4.69) is 19.1 Å². The van der Waals surface area contributed by atoms with Gasteiger partial charge in [-0.15, -0.1) is 0 Å². The molecule has 0 radical (unpaired) electrons. The van der Waals surface area contributed by atoms with E-state index in [0.717, 1.165) is 6.54 Å². The zero-order chi connectivity index (χ0) is 10.6. The van der Waals surface area contributed by atoms with Crippen molar-refractivity contribution in [2.24, 2.45) is 5.73 Å². The second-order valence-corrected chi connectivity index (χ2v) is 3.62. The molecule has 0 saturated carbocycles. The second kappa shape index (κ2) is 4.77. The molecule has 0 aliphatic rings. The molecule has 3 N–H and O–H groups in total. The number of hydrogen-bond donors (Lipinski definition) is 2. The largest absolute Gasteiger partial charge is 0.387 e. The van der Waals surface area contributed by atoms with Gasteiger partial charge in [-0.1, -0.05) is 24.3 Å². The smallest absolute Gasteiger partial charge is 0.105 e. The zero-order valence-corrected chi connectivity index (χ0v) is 8.75. The Morgan fingerprint density at radius 3 is 2.64 bits per heavy atom. The fourth-order valence-electron chi connectivity index (χ4n) is 1.42. The highest BCUT2D eigenvalue weighted by molar-refractivity contribution is 5.78. The monoisotopic (exact) mass is 191 g/mol. The molecule has 0 aliphatic carbocycles. The Kier molecular flexibility index (Phi) is 3.65. The first-order valence-corrected chi connectivity index (χ1v) is 4.65. The summed E-state index contributed by atoms with van der Waals surface area (Å²) in [5.41, 5.74) is 7.90. The Bertz CT molecular complexity index is 320. The van der Waals surface area contributed by atoms with E-state index < -0.39 is 0 Å². The Morgan fingerprint density at radius 1 is 1.43 bits per heavy atom. The highest BCUT2D eigenvalue weighted by Gasteiger charge is 2.02. The Morgan fingerprint density at radius 2 is 2.07 bits per heavy atom. The number of nitrogens with zero attached hydrogens (tertiary/aromatic N) is 1. The Hall–Kier alpha value is -1.35. The third kappa shape index (κ3) is 3.18. The van der Waals surface area contributed by atoms with E-state index in [9.17, 15) is 0 Å². The van der Waals surface area contributed by atoms with Crippen molar-refractivity contribution < 1.29 is 0 Å². The van der Waals surface area contributed by atoms with Crippen LogP contribution in [0, 0.1) is 12.3 Å². The van der Waals surface area contributed by atoms with Crippen molar-refractivity contribution in [1.82, 2.24) is 4.90 Å². The van der Waals surface area contributed by atoms with Gasteiger partial charge in [0.25, 0.3) is 0 Å². The molecular formula is C11H17N3. The number of aryl methyl sites for hydroxylation is 1. The lowest BCUT2D eigenvalue weighted by Gasteiger charge is -2.16. The summed E-state index contributed by atoms with van der Waals surface area (Å²) in [6, 6.07) is 8.26. The number of likely N-dealkylation sites (N-methyl/N-ethyl adjacent to an activating group) is 1. The van der Waals surface area contributed by atoms with E-state index in [1.165, 1.54) is 11.1 Å². The van der Waals surface area contributed by atoms with Crippen LogP contribution in [-0.2, 0) is 6.54 Å². The molecule has 0 heterocycles. The summed E-state index contributed by atoms with van der Waals surface area (Å²) in [5.74, 6) is 0.209. The molecule has 0 atom stereocenters. The van der Waals surface area contributed by atoms with E-state index in [0.29, 0.717) is 6.54 Å². The topological polar surface area (TPSA) is 53.1 Å². The first-order chi connectivity index (χ1) is 6.59. The van der Waals surface area contributed by atoms with Gasteiger partial charge in [0.1, 0.15) is 5.84 Å². The van der Waals surface area contributed by atoms with Gasteiger partial charge in [0.2, 0.25) is 0 Å². The van der Waals surface area contributed by atoms with Gasteiger partial charge in [-0.05, 0) is 25.1 Å². The van der Waals surface area contributed by atoms with Gasteiger partial charge in [-0.3, -0.25) is 10.3 Å². The van der Waals surface area contributed by atoms with E-state index in [4.69, 9.17) is 11.1 Å². The van der Waals surface area contributed by atoms with Crippen molar-refractivity contribution in [2.75, 3.05) is 13.6 Å². The fourth-order valence-corrected chi connectivity index (χ4v) is 1.42. The Labute approximate surface area is 85.0 Å². The fraction of sp³-hybridized carbons (Fsp3) is 0.364. The van der Waals surface area contributed by atoms with Crippen molar-refractivity contribution in [1.29, 1.82) is 5.41 Å². The van der Waals surface area contributed by atoms with Crippen molar-refractivity contribution in [3.63, 3.8) is 0 Å². The van der Waals surface area contributed by atoms with E-state index in [1.54, 1.807) is 0 Å². The van der Waals surface area contributed by atoms with E-state index in [-0.39, 0.29) is 5.84 Å². The number of nitrogens with one attached hydrogen (secondary N) is 1. The summed E-state index contributed by atoms with van der Waals surface area (Å²) in [5, 5.41) is 7.18. The molecule has 0 bridgehead atoms. The number of benzene rings is 1. The summed E-state index contributed by atoms with van der Waals surface area (Å²) >= 11 is 0. The minimum Gasteiger partial charge on any atom is -0.387 e. The standard InChI is InChI=1S/C11H17N3/c1-9-5-3-4-6-10(9)7-14(2)8-11(12)13/h3-6H,7-8H2,1-2H3,(H3,12,13). The molecular weight excluding hydrogens is 174 g/mol. The van der Waals surface area contributed by atoms with Gasteiger partial charge in [0.15, 0.2) is 0 Å². The van der Waals surface area contributed by atoms with Gasteiger partial charge in [-0.25, -0.2) is 0 Å². The molecule has 1 aromatic rings. The molecule has 3 heteroatoms. The summed E-state index contributed by atoms with van der Waals surface area (Å²) in [4.78, 5) is 2.03. The molecule has 1 rings (SSSR count). The van der Waals surface area contributed by atoms with Crippen LogP contribution < -0.4 is 5.73 Å². The summed E-state index contributed by atoms with van der Waals surface area (Å²) in [6.45, 7) is 3.46. The number of rotatable bonds is 4. The van der Waals surface area contributed by atoms with Crippen LogP contribution in [0.4, 0.5) is 0 Å². The molecule has 0 amide bonds. The number of hydrogen-bond acceptors (Lipinski definition) is 2. The van der Waals surface area contributed by atoms with Crippen molar-refractivity contribution in [3.05, 3.63) is 35.4 Å². The number of nitrogens with two attached hydrogens (primary N) is 1. The van der Waals surface area contributed by atoms with Crippen molar-refractivity contribution in [2.45, 2.75) is 13.5 Å². The third-order valence-corrected chi connectivity index (χ3v) is 2.14. The third-order valence-electron chi connectivity index (χ3n) is 2.14. The first kappa shape index (κ1) is 10.7. The SMILES string of the molecule is Cc1ccccc1CN(C)CC(=N)N. The van der Waals surface area contributed by atoms with E-state index >= 15 is 0 Å². The zero-order valence-electron chi connectivity index (χ0n) is 8.75. The van der Waals surface area contributed by atoms with Crippen LogP contribution in [0.2, 0.25) is 0 Å².